The molecule has 174 valence electrons. The largest absolute Gasteiger partial charge is 0.497 e. The quantitative estimate of drug-likeness (QED) is 0.427. The first-order chi connectivity index (χ1) is 16.7. The third-order valence-corrected chi connectivity index (χ3v) is 7.82. The molecule has 2 fully saturated rings. The third-order valence-electron chi connectivity index (χ3n) is 6.80. The Balaban J connectivity index is 1.24. The molecule has 3 heterocycles. The van der Waals surface area contributed by atoms with E-state index in [1.807, 2.05) is 54.7 Å². The van der Waals surface area contributed by atoms with E-state index in [1.54, 1.807) is 18.9 Å². The molecule has 2 aromatic heterocycles. The zero-order chi connectivity index (χ0) is 23.1. The van der Waals surface area contributed by atoms with Gasteiger partial charge in [0.1, 0.15) is 16.9 Å². The van der Waals surface area contributed by atoms with Crippen molar-refractivity contribution >= 4 is 22.7 Å². The minimum absolute atomic E-state index is 0.0808. The Labute approximate surface area is 202 Å². The van der Waals surface area contributed by atoms with E-state index < -0.39 is 12.4 Å². The van der Waals surface area contributed by atoms with Crippen LogP contribution < -0.4 is 4.74 Å². The molecule has 6 rings (SSSR count). The number of pyridine rings is 1. The number of fused-ring (bicyclic) bond motifs is 2. The number of aliphatic hydroxyl groups is 1. The van der Waals surface area contributed by atoms with Crippen molar-refractivity contribution in [2.75, 3.05) is 13.7 Å². The summed E-state index contributed by atoms with van der Waals surface area (Å²) in [5.74, 6) is 0.934. The fraction of sp³-hybridized carbons (Fsp3) is 0.296. The molecule has 2 aromatic carbocycles. The van der Waals surface area contributed by atoms with E-state index in [0.717, 1.165) is 38.6 Å². The van der Waals surface area contributed by atoms with Crippen molar-refractivity contribution in [2.24, 2.45) is 5.92 Å². The smallest absolute Gasteiger partial charge is 0.184 e. The van der Waals surface area contributed by atoms with Crippen LogP contribution in [0.5, 0.6) is 5.75 Å². The van der Waals surface area contributed by atoms with Crippen LogP contribution in [0.1, 0.15) is 24.3 Å². The number of methoxy groups -OCH3 is 1. The number of aromatic nitrogens is 2. The van der Waals surface area contributed by atoms with Gasteiger partial charge in [0.2, 0.25) is 0 Å². The first kappa shape index (κ1) is 21.7. The number of rotatable bonds is 5. The fourth-order valence-corrected chi connectivity index (χ4v) is 5.99. The highest BCUT2D eigenvalue weighted by atomic mass is 32.2. The number of benzene rings is 2. The van der Waals surface area contributed by atoms with Crippen LogP contribution in [0.2, 0.25) is 0 Å². The van der Waals surface area contributed by atoms with Crippen molar-refractivity contribution in [3.05, 3.63) is 84.7 Å². The zero-order valence-corrected chi connectivity index (χ0v) is 19.6. The lowest BCUT2D eigenvalue weighted by Gasteiger charge is -2.34. The molecule has 1 aliphatic carbocycles. The second-order valence-corrected chi connectivity index (χ2v) is 9.84. The van der Waals surface area contributed by atoms with Gasteiger partial charge in [-0.15, -0.1) is 0 Å². The molecule has 1 aliphatic heterocycles. The monoisotopic (exact) mass is 474 g/mol. The van der Waals surface area contributed by atoms with Gasteiger partial charge in [-0.1, -0.05) is 42.1 Å². The van der Waals surface area contributed by atoms with Crippen LogP contribution in [0.4, 0.5) is 0 Å². The zero-order valence-electron chi connectivity index (χ0n) is 18.8. The van der Waals surface area contributed by atoms with Crippen molar-refractivity contribution in [1.82, 2.24) is 9.55 Å². The second kappa shape index (κ2) is 9.07. The van der Waals surface area contributed by atoms with Gasteiger partial charge in [0.15, 0.2) is 6.29 Å². The maximum atomic E-state index is 11.3. The van der Waals surface area contributed by atoms with Crippen LogP contribution in [0.3, 0.4) is 0 Å². The lowest BCUT2D eigenvalue weighted by Crippen LogP contribution is -2.39. The molecule has 0 spiro atoms. The maximum Gasteiger partial charge on any atom is 0.184 e. The van der Waals surface area contributed by atoms with Crippen LogP contribution in [0.15, 0.2) is 89.0 Å². The van der Waals surface area contributed by atoms with Gasteiger partial charge in [-0.25, -0.2) is 4.98 Å². The first-order valence-corrected chi connectivity index (χ1v) is 12.3. The standard InChI is InChI=1S/C27H26N2O4S/c1-31-19-9-7-17(8-10-19)27-32-16-18-15-23(24(30)25(18)33-27)29-14-12-21-22(29)11-13-28-26(21)34-20-5-3-2-4-6-20/h2-14,18,23-25,27,30H,15-16H2,1H3/t18-,23+,24-,25+,27?/m0/s1. The van der Waals surface area contributed by atoms with Crippen LogP contribution in [0, 0.1) is 5.92 Å². The fourth-order valence-electron chi connectivity index (χ4n) is 5.08. The van der Waals surface area contributed by atoms with E-state index in [2.05, 4.69) is 33.9 Å². The highest BCUT2D eigenvalue weighted by Crippen LogP contribution is 2.45. The number of nitrogens with zero attached hydrogens (tertiary/aromatic N) is 2. The molecule has 34 heavy (non-hydrogen) atoms. The van der Waals surface area contributed by atoms with E-state index in [1.165, 1.54) is 0 Å². The van der Waals surface area contributed by atoms with Crippen molar-refractivity contribution in [1.29, 1.82) is 0 Å². The second-order valence-electron chi connectivity index (χ2n) is 8.78. The van der Waals surface area contributed by atoms with Gasteiger partial charge in [0.05, 0.1) is 31.4 Å². The maximum absolute atomic E-state index is 11.3. The highest BCUT2D eigenvalue weighted by molar-refractivity contribution is 7.99. The summed E-state index contributed by atoms with van der Waals surface area (Å²) in [6.45, 7) is 0.560. The molecule has 0 radical (unpaired) electrons. The summed E-state index contributed by atoms with van der Waals surface area (Å²) in [4.78, 5) is 5.77. The van der Waals surface area contributed by atoms with Crippen molar-refractivity contribution < 1.29 is 19.3 Å². The van der Waals surface area contributed by atoms with Crippen LogP contribution in [0.25, 0.3) is 10.9 Å². The normalized spacial score (nSPS) is 26.5. The van der Waals surface area contributed by atoms with Gasteiger partial charge in [-0.3, -0.25) is 0 Å². The Bertz CT molecular complexity index is 1280. The highest BCUT2D eigenvalue weighted by Gasteiger charge is 2.48. The molecule has 0 bridgehead atoms. The molecule has 1 saturated carbocycles. The number of ether oxygens (including phenoxy) is 3. The molecule has 2 aliphatic rings. The van der Waals surface area contributed by atoms with Crippen LogP contribution in [-0.2, 0) is 9.47 Å². The molecule has 1 N–H and O–H groups in total. The van der Waals surface area contributed by atoms with E-state index in [9.17, 15) is 5.11 Å². The minimum atomic E-state index is -0.622. The summed E-state index contributed by atoms with van der Waals surface area (Å²) in [7, 11) is 1.65. The Hall–Kier alpha value is -2.84. The molecular weight excluding hydrogens is 448 g/mol. The SMILES string of the molecule is COc1ccc(C2OC[C@@H]3C[C@@H](n4ccc5c(Sc6ccccc6)nccc54)[C@H](O)[C@@H]3O2)cc1. The summed E-state index contributed by atoms with van der Waals surface area (Å²) < 4.78 is 19.8. The summed E-state index contributed by atoms with van der Waals surface area (Å²) in [5.41, 5.74) is 2.00. The molecule has 0 amide bonds. The lowest BCUT2D eigenvalue weighted by atomic mass is 10.0. The topological polar surface area (TPSA) is 65.7 Å². The Morgan fingerprint density at radius 1 is 1.06 bits per heavy atom. The van der Waals surface area contributed by atoms with Gasteiger partial charge in [-0.05, 0) is 42.8 Å². The number of hydrogen-bond acceptors (Lipinski definition) is 6. The molecule has 4 aromatic rings. The molecule has 6 nitrogen and oxygen atoms in total. The minimum Gasteiger partial charge on any atom is -0.497 e. The summed E-state index contributed by atoms with van der Waals surface area (Å²) >= 11 is 1.65. The van der Waals surface area contributed by atoms with Gasteiger partial charge >= 0.3 is 0 Å². The van der Waals surface area contributed by atoms with Crippen molar-refractivity contribution in [3.63, 3.8) is 0 Å². The Kier molecular flexibility index (Phi) is 5.79. The molecular formula is C27H26N2O4S. The summed E-state index contributed by atoms with van der Waals surface area (Å²) in [6.07, 6.45) is 3.33. The lowest BCUT2D eigenvalue weighted by molar-refractivity contribution is -0.249. The van der Waals surface area contributed by atoms with Gasteiger partial charge in [-0.2, -0.15) is 0 Å². The molecule has 1 unspecified atom stereocenters. The molecule has 5 atom stereocenters. The van der Waals surface area contributed by atoms with E-state index in [-0.39, 0.29) is 18.1 Å². The van der Waals surface area contributed by atoms with E-state index in [0.29, 0.717) is 6.61 Å². The third kappa shape index (κ3) is 3.88. The molecule has 1 saturated heterocycles. The summed E-state index contributed by atoms with van der Waals surface area (Å²) in [6, 6.07) is 22.0. The van der Waals surface area contributed by atoms with E-state index in [4.69, 9.17) is 14.2 Å². The average molecular weight is 475 g/mol. The number of aliphatic hydroxyl groups excluding tert-OH is 1. The number of hydrogen-bond donors (Lipinski definition) is 1. The van der Waals surface area contributed by atoms with Crippen molar-refractivity contribution in [2.45, 2.75) is 40.9 Å². The van der Waals surface area contributed by atoms with Crippen LogP contribution in [-0.4, -0.2) is 40.6 Å². The van der Waals surface area contributed by atoms with Crippen molar-refractivity contribution in [3.8, 4) is 5.75 Å². The van der Waals surface area contributed by atoms with Crippen LogP contribution >= 0.6 is 11.8 Å². The predicted octanol–water partition coefficient (Wildman–Crippen LogP) is 5.23. The Morgan fingerprint density at radius 2 is 1.88 bits per heavy atom. The van der Waals surface area contributed by atoms with Gasteiger partial charge in [0, 0.05) is 34.2 Å². The summed E-state index contributed by atoms with van der Waals surface area (Å²) in [5, 5.41) is 13.4. The molecule has 7 heteroatoms. The average Bonchev–Trinajstić information content (AvgIpc) is 3.46. The van der Waals surface area contributed by atoms with Gasteiger partial charge < -0.3 is 23.9 Å². The predicted molar refractivity (Wildman–Crippen MR) is 130 cm³/mol. The first-order valence-electron chi connectivity index (χ1n) is 11.5. The van der Waals surface area contributed by atoms with Gasteiger partial charge in [0.25, 0.3) is 0 Å². The van der Waals surface area contributed by atoms with E-state index >= 15 is 0 Å². The Morgan fingerprint density at radius 3 is 2.68 bits per heavy atom.